The number of aromatic nitrogens is 2. The van der Waals surface area contributed by atoms with Crippen molar-refractivity contribution < 1.29 is 4.92 Å². The summed E-state index contributed by atoms with van der Waals surface area (Å²) in [4.78, 5) is 32.5. The molecule has 0 atom stereocenters. The first kappa shape index (κ1) is 20.2. The van der Waals surface area contributed by atoms with Crippen LogP contribution in [0.4, 0.5) is 22.9 Å². The van der Waals surface area contributed by atoms with Crippen molar-refractivity contribution in [1.29, 1.82) is 0 Å². The minimum Gasteiger partial charge on any atom is -0.339 e. The lowest BCUT2D eigenvalue weighted by Crippen LogP contribution is -2.22. The quantitative estimate of drug-likeness (QED) is 0.269. The van der Waals surface area contributed by atoms with Gasteiger partial charge in [-0.3, -0.25) is 24.3 Å². The molecule has 2 heterocycles. The molecule has 0 aliphatic carbocycles. The monoisotopic (exact) mass is 433 g/mol. The highest BCUT2D eigenvalue weighted by molar-refractivity contribution is 6.30. The van der Waals surface area contributed by atoms with E-state index < -0.39 is 4.92 Å². The molecule has 0 bridgehead atoms. The van der Waals surface area contributed by atoms with Gasteiger partial charge in [0.25, 0.3) is 11.2 Å². The Kier molecular flexibility index (Phi) is 5.46. The standard InChI is InChI=1S/C22H16ClN5O3/c1-14-4-3-11-27-21(14)26-20(25-17-6-2-5-15(23)12-17)19(22(27)29)13-24-16-7-9-18(10-8-16)28(30)31/h2-13,25H,1H3. The van der Waals surface area contributed by atoms with Crippen molar-refractivity contribution in [3.63, 3.8) is 0 Å². The number of benzene rings is 2. The Hall–Kier alpha value is -4.04. The van der Waals surface area contributed by atoms with Crippen LogP contribution in [0.1, 0.15) is 11.1 Å². The minimum atomic E-state index is -0.484. The molecule has 0 radical (unpaired) electrons. The molecule has 154 valence electrons. The molecule has 0 amide bonds. The fourth-order valence-corrected chi connectivity index (χ4v) is 3.22. The Morgan fingerprint density at radius 1 is 1.16 bits per heavy atom. The number of rotatable bonds is 5. The first-order valence-electron chi connectivity index (χ1n) is 9.25. The third kappa shape index (κ3) is 4.29. The second-order valence-corrected chi connectivity index (χ2v) is 7.17. The number of nitro groups is 1. The maximum atomic E-state index is 13.2. The van der Waals surface area contributed by atoms with Crippen LogP contribution in [-0.4, -0.2) is 20.5 Å². The highest BCUT2D eigenvalue weighted by Gasteiger charge is 2.13. The third-order valence-corrected chi connectivity index (χ3v) is 4.81. The molecule has 2 aromatic carbocycles. The molecular weight excluding hydrogens is 418 g/mol. The molecule has 9 heteroatoms. The smallest absolute Gasteiger partial charge is 0.269 e. The van der Waals surface area contributed by atoms with Crippen molar-refractivity contribution >= 4 is 46.3 Å². The molecule has 31 heavy (non-hydrogen) atoms. The van der Waals surface area contributed by atoms with E-state index in [1.165, 1.54) is 34.9 Å². The van der Waals surface area contributed by atoms with Gasteiger partial charge in [-0.15, -0.1) is 0 Å². The zero-order valence-electron chi connectivity index (χ0n) is 16.3. The van der Waals surface area contributed by atoms with E-state index in [0.29, 0.717) is 27.9 Å². The summed E-state index contributed by atoms with van der Waals surface area (Å²) in [5.41, 5.74) is 2.39. The summed E-state index contributed by atoms with van der Waals surface area (Å²) < 4.78 is 1.45. The Morgan fingerprint density at radius 3 is 2.65 bits per heavy atom. The predicted molar refractivity (Wildman–Crippen MR) is 121 cm³/mol. The number of aryl methyl sites for hydroxylation is 1. The van der Waals surface area contributed by atoms with E-state index in [-0.39, 0.29) is 16.8 Å². The normalized spacial score (nSPS) is 11.2. The van der Waals surface area contributed by atoms with Crippen LogP contribution in [0.2, 0.25) is 5.02 Å². The molecule has 0 aliphatic heterocycles. The van der Waals surface area contributed by atoms with Crippen molar-refractivity contribution in [2.45, 2.75) is 6.92 Å². The van der Waals surface area contributed by atoms with Gasteiger partial charge in [0.1, 0.15) is 17.0 Å². The number of pyridine rings is 1. The first-order chi connectivity index (χ1) is 14.9. The van der Waals surface area contributed by atoms with Crippen molar-refractivity contribution in [2.24, 2.45) is 4.99 Å². The van der Waals surface area contributed by atoms with E-state index >= 15 is 0 Å². The first-order valence-corrected chi connectivity index (χ1v) is 9.63. The summed E-state index contributed by atoms with van der Waals surface area (Å²) in [6.07, 6.45) is 3.04. The molecule has 4 aromatic rings. The van der Waals surface area contributed by atoms with Crippen LogP contribution in [0.25, 0.3) is 5.65 Å². The maximum absolute atomic E-state index is 13.2. The number of non-ortho nitro benzene ring substituents is 1. The number of nitrogens with one attached hydrogen (secondary N) is 1. The lowest BCUT2D eigenvalue weighted by Gasteiger charge is -2.12. The van der Waals surface area contributed by atoms with Gasteiger partial charge >= 0.3 is 0 Å². The number of halogens is 1. The summed E-state index contributed by atoms with van der Waals surface area (Å²) in [6.45, 7) is 1.87. The van der Waals surface area contributed by atoms with Crippen LogP contribution < -0.4 is 10.9 Å². The van der Waals surface area contributed by atoms with Crippen LogP contribution >= 0.6 is 11.6 Å². The van der Waals surface area contributed by atoms with Crippen molar-refractivity contribution in [3.8, 4) is 0 Å². The largest absolute Gasteiger partial charge is 0.339 e. The molecule has 0 unspecified atom stereocenters. The van der Waals surface area contributed by atoms with Gasteiger partial charge in [0.15, 0.2) is 0 Å². The summed E-state index contributed by atoms with van der Waals surface area (Å²) in [5.74, 6) is 0.326. The van der Waals surface area contributed by atoms with E-state index in [9.17, 15) is 14.9 Å². The molecular formula is C22H16ClN5O3. The van der Waals surface area contributed by atoms with Gasteiger partial charge in [0.2, 0.25) is 0 Å². The van der Waals surface area contributed by atoms with Crippen molar-refractivity contribution in [2.75, 3.05) is 5.32 Å². The van der Waals surface area contributed by atoms with Crippen LogP contribution in [0, 0.1) is 17.0 Å². The number of aliphatic imine (C=N–C) groups is 1. The minimum absolute atomic E-state index is 0.0369. The average molecular weight is 434 g/mol. The molecule has 0 fully saturated rings. The van der Waals surface area contributed by atoms with Crippen LogP contribution in [0.15, 0.2) is 76.6 Å². The lowest BCUT2D eigenvalue weighted by atomic mass is 10.2. The van der Waals surface area contributed by atoms with Crippen LogP contribution in [-0.2, 0) is 0 Å². The summed E-state index contributed by atoms with van der Waals surface area (Å²) in [6, 6.07) is 16.4. The fraction of sp³-hybridized carbons (Fsp3) is 0.0455. The second-order valence-electron chi connectivity index (χ2n) is 6.73. The van der Waals surface area contributed by atoms with Gasteiger partial charge in [-0.1, -0.05) is 23.7 Å². The van der Waals surface area contributed by atoms with E-state index in [2.05, 4.69) is 15.3 Å². The highest BCUT2D eigenvalue weighted by atomic mass is 35.5. The Balaban J connectivity index is 1.82. The molecule has 8 nitrogen and oxygen atoms in total. The average Bonchev–Trinajstić information content (AvgIpc) is 2.75. The lowest BCUT2D eigenvalue weighted by molar-refractivity contribution is -0.384. The molecule has 2 aromatic heterocycles. The number of hydrogen-bond donors (Lipinski definition) is 1. The van der Waals surface area contributed by atoms with E-state index in [0.717, 1.165) is 5.56 Å². The van der Waals surface area contributed by atoms with E-state index in [4.69, 9.17) is 11.6 Å². The zero-order chi connectivity index (χ0) is 22.0. The SMILES string of the molecule is Cc1cccn2c(=O)c(C=Nc3ccc([N+](=O)[O-])cc3)c(Nc3cccc(Cl)c3)nc12. The van der Waals surface area contributed by atoms with Gasteiger partial charge in [-0.05, 0) is 48.9 Å². The third-order valence-electron chi connectivity index (χ3n) is 4.57. The number of nitro benzene ring substituents is 1. The second kappa shape index (κ2) is 8.37. The summed E-state index contributed by atoms with van der Waals surface area (Å²) >= 11 is 6.08. The predicted octanol–water partition coefficient (Wildman–Crippen LogP) is 5.06. The van der Waals surface area contributed by atoms with Crippen LogP contribution in [0.5, 0.6) is 0 Å². The fourth-order valence-electron chi connectivity index (χ4n) is 3.03. The number of fused-ring (bicyclic) bond motifs is 1. The topological polar surface area (TPSA) is 102 Å². The van der Waals surface area contributed by atoms with Gasteiger partial charge in [-0.2, -0.15) is 0 Å². The Morgan fingerprint density at radius 2 is 1.94 bits per heavy atom. The molecule has 0 aliphatic rings. The van der Waals surface area contributed by atoms with Gasteiger partial charge in [-0.25, -0.2) is 4.98 Å². The van der Waals surface area contributed by atoms with Crippen molar-refractivity contribution in [3.05, 3.63) is 103 Å². The summed E-state index contributed by atoms with van der Waals surface area (Å²) in [5, 5.41) is 14.5. The molecule has 0 saturated heterocycles. The van der Waals surface area contributed by atoms with E-state index in [1.807, 2.05) is 19.1 Å². The molecule has 0 saturated carbocycles. The summed E-state index contributed by atoms with van der Waals surface area (Å²) in [7, 11) is 0. The van der Waals surface area contributed by atoms with Gasteiger partial charge in [0.05, 0.1) is 10.6 Å². The highest BCUT2D eigenvalue weighted by Crippen LogP contribution is 2.22. The Labute approximate surface area is 181 Å². The zero-order valence-corrected chi connectivity index (χ0v) is 17.1. The van der Waals surface area contributed by atoms with Crippen LogP contribution in [0.3, 0.4) is 0 Å². The van der Waals surface area contributed by atoms with Crippen molar-refractivity contribution in [1.82, 2.24) is 9.38 Å². The number of anilines is 2. The maximum Gasteiger partial charge on any atom is 0.269 e. The number of hydrogen-bond acceptors (Lipinski definition) is 6. The Bertz CT molecular complexity index is 1380. The molecule has 4 rings (SSSR count). The number of nitrogens with zero attached hydrogens (tertiary/aromatic N) is 4. The molecule has 1 N–H and O–H groups in total. The van der Waals surface area contributed by atoms with Gasteiger partial charge < -0.3 is 5.32 Å². The van der Waals surface area contributed by atoms with E-state index in [1.54, 1.807) is 30.5 Å². The molecule has 0 spiro atoms. The van der Waals surface area contributed by atoms with Gasteiger partial charge in [0, 0.05) is 35.3 Å².